The van der Waals surface area contributed by atoms with Crippen molar-refractivity contribution in [2.75, 3.05) is 6.61 Å². The third-order valence-corrected chi connectivity index (χ3v) is 3.74. The Balaban J connectivity index is 2.21. The van der Waals surface area contributed by atoms with E-state index >= 15 is 0 Å². The van der Waals surface area contributed by atoms with E-state index in [9.17, 15) is 0 Å². The van der Waals surface area contributed by atoms with Gasteiger partial charge >= 0.3 is 0 Å². The van der Waals surface area contributed by atoms with Crippen molar-refractivity contribution in [3.8, 4) is 5.75 Å². The van der Waals surface area contributed by atoms with Crippen molar-refractivity contribution in [1.29, 1.82) is 0 Å². The fourth-order valence-electron chi connectivity index (χ4n) is 2.18. The molecule has 0 saturated carbocycles. The van der Waals surface area contributed by atoms with Crippen LogP contribution in [0.4, 0.5) is 0 Å². The van der Waals surface area contributed by atoms with Crippen molar-refractivity contribution in [3.63, 3.8) is 0 Å². The smallest absolute Gasteiger partial charge is 0.124 e. The molecule has 2 aromatic rings. The van der Waals surface area contributed by atoms with Gasteiger partial charge < -0.3 is 10.5 Å². The van der Waals surface area contributed by atoms with E-state index in [0.717, 1.165) is 22.2 Å². The fraction of sp³-hybridized carbons (Fsp3) is 0.294. The molecule has 20 heavy (non-hydrogen) atoms. The molecule has 2 rings (SSSR count). The summed E-state index contributed by atoms with van der Waals surface area (Å²) in [6.45, 7) is 4.72. The van der Waals surface area contributed by atoms with Crippen LogP contribution in [-0.4, -0.2) is 6.61 Å². The van der Waals surface area contributed by atoms with Gasteiger partial charge in [0.1, 0.15) is 5.75 Å². The molecule has 3 heteroatoms. The zero-order valence-electron chi connectivity index (χ0n) is 11.9. The number of nitrogens with two attached hydrogens (primary N) is 1. The normalized spacial score (nSPS) is 12.2. The second kappa shape index (κ2) is 6.91. The zero-order valence-corrected chi connectivity index (χ0v) is 13.5. The molecule has 0 heterocycles. The highest BCUT2D eigenvalue weighted by atomic mass is 79.9. The molecule has 2 N–H and O–H groups in total. The van der Waals surface area contributed by atoms with Crippen LogP contribution < -0.4 is 10.5 Å². The van der Waals surface area contributed by atoms with Gasteiger partial charge in [0.05, 0.1) is 6.61 Å². The highest BCUT2D eigenvalue weighted by Gasteiger charge is 2.13. The lowest BCUT2D eigenvalue weighted by Gasteiger charge is -2.17. The molecule has 0 aliphatic rings. The molecule has 0 spiro atoms. The van der Waals surface area contributed by atoms with E-state index in [1.807, 2.05) is 25.1 Å². The molecule has 0 bridgehead atoms. The van der Waals surface area contributed by atoms with E-state index < -0.39 is 0 Å². The maximum atomic E-state index is 6.36. The number of hydrogen-bond donors (Lipinski definition) is 1. The topological polar surface area (TPSA) is 35.2 Å². The predicted molar refractivity (Wildman–Crippen MR) is 87.1 cm³/mol. The highest BCUT2D eigenvalue weighted by molar-refractivity contribution is 9.10. The summed E-state index contributed by atoms with van der Waals surface area (Å²) in [5.74, 6) is 0.871. The van der Waals surface area contributed by atoms with Crippen molar-refractivity contribution in [2.24, 2.45) is 5.73 Å². The van der Waals surface area contributed by atoms with E-state index in [-0.39, 0.29) is 6.04 Å². The number of rotatable bonds is 5. The van der Waals surface area contributed by atoms with Gasteiger partial charge in [-0.2, -0.15) is 0 Å². The molecule has 1 unspecified atom stereocenters. The lowest BCUT2D eigenvalue weighted by molar-refractivity contribution is 0.334. The summed E-state index contributed by atoms with van der Waals surface area (Å²) in [5, 5.41) is 0. The minimum absolute atomic E-state index is 0.0724. The monoisotopic (exact) mass is 333 g/mol. The summed E-state index contributed by atoms with van der Waals surface area (Å²) in [5.41, 5.74) is 9.91. The molecule has 106 valence electrons. The SMILES string of the molecule is CCOc1ccc(Br)cc1C(N)Cc1ccc(C)cc1. The Morgan fingerprint density at radius 3 is 2.50 bits per heavy atom. The van der Waals surface area contributed by atoms with E-state index in [0.29, 0.717) is 6.61 Å². The van der Waals surface area contributed by atoms with Gasteiger partial charge in [0.25, 0.3) is 0 Å². The van der Waals surface area contributed by atoms with Crippen LogP contribution in [-0.2, 0) is 6.42 Å². The summed E-state index contributed by atoms with van der Waals surface area (Å²) >= 11 is 3.50. The molecule has 2 nitrogen and oxygen atoms in total. The zero-order chi connectivity index (χ0) is 14.5. The first kappa shape index (κ1) is 15.1. The first-order valence-corrected chi connectivity index (χ1v) is 7.63. The standard InChI is InChI=1S/C17H20BrNO/c1-3-20-17-9-8-14(18)11-15(17)16(19)10-13-6-4-12(2)5-7-13/h4-9,11,16H,3,10,19H2,1-2H3. The number of halogens is 1. The van der Waals surface area contributed by atoms with Gasteiger partial charge in [0.2, 0.25) is 0 Å². The van der Waals surface area contributed by atoms with E-state index in [1.165, 1.54) is 11.1 Å². The van der Waals surface area contributed by atoms with Crippen molar-refractivity contribution in [1.82, 2.24) is 0 Å². The summed E-state index contributed by atoms with van der Waals surface area (Å²) < 4.78 is 6.69. The Kier molecular flexibility index (Phi) is 5.21. The van der Waals surface area contributed by atoms with Crippen molar-refractivity contribution >= 4 is 15.9 Å². The average molecular weight is 334 g/mol. The number of aryl methyl sites for hydroxylation is 1. The minimum atomic E-state index is -0.0724. The molecule has 0 fully saturated rings. The third-order valence-electron chi connectivity index (χ3n) is 3.25. The van der Waals surface area contributed by atoms with Crippen molar-refractivity contribution in [3.05, 3.63) is 63.6 Å². The quantitative estimate of drug-likeness (QED) is 0.880. The maximum Gasteiger partial charge on any atom is 0.124 e. The summed E-state index contributed by atoms with van der Waals surface area (Å²) in [4.78, 5) is 0. The highest BCUT2D eigenvalue weighted by Crippen LogP contribution is 2.29. The van der Waals surface area contributed by atoms with E-state index in [4.69, 9.17) is 10.5 Å². The molecule has 2 aromatic carbocycles. The molecule has 0 amide bonds. The summed E-state index contributed by atoms with van der Waals surface area (Å²) in [7, 11) is 0. The van der Waals surface area contributed by atoms with Crippen LogP contribution in [0, 0.1) is 6.92 Å². The molecular weight excluding hydrogens is 314 g/mol. The third kappa shape index (κ3) is 3.84. The Bertz CT molecular complexity index is 566. The molecule has 1 atom stereocenters. The lowest BCUT2D eigenvalue weighted by Crippen LogP contribution is -2.15. The van der Waals surface area contributed by atoms with Gasteiger partial charge in [-0.3, -0.25) is 0 Å². The van der Waals surface area contributed by atoms with Crippen molar-refractivity contribution in [2.45, 2.75) is 26.3 Å². The molecule has 0 aliphatic carbocycles. The predicted octanol–water partition coefficient (Wildman–Crippen LogP) is 4.40. The first-order chi connectivity index (χ1) is 9.60. The fourth-order valence-corrected chi connectivity index (χ4v) is 2.56. The summed E-state index contributed by atoms with van der Waals surface area (Å²) in [6, 6.07) is 14.4. The van der Waals surface area contributed by atoms with Crippen LogP contribution in [0.25, 0.3) is 0 Å². The Morgan fingerprint density at radius 2 is 1.85 bits per heavy atom. The Morgan fingerprint density at radius 1 is 1.15 bits per heavy atom. The van der Waals surface area contributed by atoms with Gasteiger partial charge in [0, 0.05) is 16.1 Å². The molecular formula is C17H20BrNO. The molecule has 0 radical (unpaired) electrons. The summed E-state index contributed by atoms with van der Waals surface area (Å²) in [6.07, 6.45) is 0.802. The largest absolute Gasteiger partial charge is 0.494 e. The lowest BCUT2D eigenvalue weighted by atomic mass is 9.98. The second-order valence-electron chi connectivity index (χ2n) is 4.91. The van der Waals surface area contributed by atoms with Gasteiger partial charge in [0.15, 0.2) is 0 Å². The van der Waals surface area contributed by atoms with E-state index in [2.05, 4.69) is 47.1 Å². The van der Waals surface area contributed by atoms with Gasteiger partial charge in [-0.05, 0) is 44.0 Å². The van der Waals surface area contributed by atoms with Crippen molar-refractivity contribution < 1.29 is 4.74 Å². The molecule has 0 saturated heterocycles. The number of ether oxygens (including phenoxy) is 1. The Labute approximate surface area is 129 Å². The average Bonchev–Trinajstić information content (AvgIpc) is 2.43. The van der Waals surface area contributed by atoms with Crippen LogP contribution in [0.1, 0.15) is 29.7 Å². The number of hydrogen-bond acceptors (Lipinski definition) is 2. The van der Waals surface area contributed by atoms with Gasteiger partial charge in [-0.1, -0.05) is 45.8 Å². The molecule has 0 aromatic heterocycles. The van der Waals surface area contributed by atoms with Gasteiger partial charge in [-0.15, -0.1) is 0 Å². The first-order valence-electron chi connectivity index (χ1n) is 6.83. The van der Waals surface area contributed by atoms with Crippen LogP contribution in [0.5, 0.6) is 5.75 Å². The van der Waals surface area contributed by atoms with Crippen LogP contribution in [0.3, 0.4) is 0 Å². The molecule has 0 aliphatic heterocycles. The van der Waals surface area contributed by atoms with Crippen LogP contribution >= 0.6 is 15.9 Å². The van der Waals surface area contributed by atoms with E-state index in [1.54, 1.807) is 0 Å². The minimum Gasteiger partial charge on any atom is -0.494 e. The number of benzene rings is 2. The van der Waals surface area contributed by atoms with Gasteiger partial charge in [-0.25, -0.2) is 0 Å². The maximum absolute atomic E-state index is 6.36. The van der Waals surface area contributed by atoms with Crippen LogP contribution in [0.2, 0.25) is 0 Å². The second-order valence-corrected chi connectivity index (χ2v) is 5.83. The Hall–Kier alpha value is -1.32. The van der Waals surface area contributed by atoms with Crippen LogP contribution in [0.15, 0.2) is 46.9 Å².